The van der Waals surface area contributed by atoms with Gasteiger partial charge in [0.15, 0.2) is 11.5 Å². The number of pyridine rings is 3. The van der Waals surface area contributed by atoms with E-state index in [1.807, 2.05) is 42.7 Å². The van der Waals surface area contributed by atoms with Crippen LogP contribution in [0.1, 0.15) is 31.7 Å². The molecule has 41 heavy (non-hydrogen) atoms. The highest BCUT2D eigenvalue weighted by Gasteiger charge is 2.15. The third kappa shape index (κ3) is 5.85. The van der Waals surface area contributed by atoms with Gasteiger partial charge in [-0.3, -0.25) is 15.1 Å². The SMILES string of the molecule is C=C(CC1CCNCC1)Nc1cncc(/C(C)=C/C=c2/[nH]nc(-c3nc4nccc(-c5ccncc5)c4[nH]3)c2=C)c1. The van der Waals surface area contributed by atoms with E-state index < -0.39 is 0 Å². The summed E-state index contributed by atoms with van der Waals surface area (Å²) in [6, 6.07) is 7.99. The Balaban J connectivity index is 1.21. The van der Waals surface area contributed by atoms with Crippen LogP contribution in [0.2, 0.25) is 0 Å². The fraction of sp³-hybridized carbons (Fsp3) is 0.219. The molecule has 1 aliphatic heterocycles. The van der Waals surface area contributed by atoms with E-state index in [-0.39, 0.29) is 0 Å². The van der Waals surface area contributed by atoms with E-state index in [2.05, 4.69) is 66.9 Å². The standard InChI is InChI=1S/C32H33N9/c1-20(25-17-26(19-35-18-25)37-21(2)16-23-6-11-33-12-7-23)4-5-28-22(3)29(41-40-28)32-38-30-27(10-15-36-31(30)39-32)24-8-13-34-14-9-24/h4-5,8-10,13-15,17-19,23,33,37,40H,2-3,6-7,11-12,16H2,1H3,(H,36,38,39)/b20-4+,28-5+. The van der Waals surface area contributed by atoms with Gasteiger partial charge in [0.1, 0.15) is 5.69 Å². The van der Waals surface area contributed by atoms with Crippen LogP contribution >= 0.6 is 0 Å². The lowest BCUT2D eigenvalue weighted by Crippen LogP contribution is -2.28. The number of allylic oxidation sites excluding steroid dienone is 3. The number of piperidine rings is 1. The quantitative estimate of drug-likeness (QED) is 0.229. The largest absolute Gasteiger partial charge is 0.358 e. The fourth-order valence-corrected chi connectivity index (χ4v) is 5.23. The van der Waals surface area contributed by atoms with Crippen molar-refractivity contribution in [1.82, 2.24) is 40.4 Å². The van der Waals surface area contributed by atoms with Gasteiger partial charge < -0.3 is 15.6 Å². The number of aromatic amines is 2. The second-order valence-electron chi connectivity index (χ2n) is 10.4. The Labute approximate surface area is 238 Å². The number of nitrogens with one attached hydrogen (secondary N) is 4. The first-order valence-corrected chi connectivity index (χ1v) is 13.8. The molecule has 5 aromatic heterocycles. The van der Waals surface area contributed by atoms with Crippen molar-refractivity contribution in [2.24, 2.45) is 5.92 Å². The first-order chi connectivity index (χ1) is 20.0. The third-order valence-corrected chi connectivity index (χ3v) is 7.52. The van der Waals surface area contributed by atoms with Crippen molar-refractivity contribution in [1.29, 1.82) is 0 Å². The highest BCUT2D eigenvalue weighted by molar-refractivity contribution is 5.91. The highest BCUT2D eigenvalue weighted by atomic mass is 15.1. The summed E-state index contributed by atoms with van der Waals surface area (Å²) >= 11 is 0. The number of H-pyrrole nitrogens is 2. The number of imidazole rings is 1. The van der Waals surface area contributed by atoms with Crippen LogP contribution in [0.5, 0.6) is 0 Å². The van der Waals surface area contributed by atoms with E-state index in [1.165, 1.54) is 12.8 Å². The number of rotatable bonds is 8. The molecular formula is C32H33N9. The van der Waals surface area contributed by atoms with E-state index >= 15 is 0 Å². The molecule has 0 bridgehead atoms. The molecule has 0 atom stereocenters. The molecule has 1 fully saturated rings. The summed E-state index contributed by atoms with van der Waals surface area (Å²) in [5.74, 6) is 1.29. The number of fused-ring (bicyclic) bond motifs is 1. The Hall–Kier alpha value is -4.89. The molecule has 9 nitrogen and oxygen atoms in total. The maximum absolute atomic E-state index is 4.70. The Kier molecular flexibility index (Phi) is 7.51. The van der Waals surface area contributed by atoms with Crippen LogP contribution in [0.25, 0.3) is 52.0 Å². The van der Waals surface area contributed by atoms with Crippen molar-refractivity contribution in [2.75, 3.05) is 18.4 Å². The van der Waals surface area contributed by atoms with E-state index in [4.69, 9.17) is 4.98 Å². The van der Waals surface area contributed by atoms with Gasteiger partial charge in [0.25, 0.3) is 0 Å². The Bertz CT molecular complexity index is 1830. The number of hydrogen-bond acceptors (Lipinski definition) is 7. The summed E-state index contributed by atoms with van der Waals surface area (Å²) in [5, 5.41) is 16.0. The molecule has 9 heteroatoms. The monoisotopic (exact) mass is 543 g/mol. The molecule has 1 saturated heterocycles. The summed E-state index contributed by atoms with van der Waals surface area (Å²) in [7, 11) is 0. The minimum Gasteiger partial charge on any atom is -0.358 e. The van der Waals surface area contributed by atoms with Crippen molar-refractivity contribution in [3.05, 3.63) is 89.7 Å². The summed E-state index contributed by atoms with van der Waals surface area (Å²) < 4.78 is 0. The second-order valence-corrected chi connectivity index (χ2v) is 10.4. The molecule has 0 unspecified atom stereocenters. The lowest BCUT2D eigenvalue weighted by molar-refractivity contribution is 0.373. The lowest BCUT2D eigenvalue weighted by Gasteiger charge is -2.23. The maximum atomic E-state index is 4.70. The number of aromatic nitrogens is 7. The van der Waals surface area contributed by atoms with Gasteiger partial charge in [0, 0.05) is 41.3 Å². The molecule has 4 N–H and O–H groups in total. The van der Waals surface area contributed by atoms with Crippen LogP contribution in [-0.4, -0.2) is 48.2 Å². The zero-order chi connectivity index (χ0) is 28.2. The molecule has 6 rings (SSSR count). The van der Waals surface area contributed by atoms with Crippen LogP contribution in [0.4, 0.5) is 5.69 Å². The van der Waals surface area contributed by atoms with Gasteiger partial charge in [-0.25, -0.2) is 9.97 Å². The molecular weight excluding hydrogens is 510 g/mol. The van der Waals surface area contributed by atoms with E-state index in [0.29, 0.717) is 23.1 Å². The molecule has 0 amide bonds. The normalized spacial score (nSPS) is 15.0. The topological polar surface area (TPSA) is 120 Å². The van der Waals surface area contributed by atoms with Crippen LogP contribution in [0, 0.1) is 5.92 Å². The van der Waals surface area contributed by atoms with Crippen molar-refractivity contribution < 1.29 is 0 Å². The van der Waals surface area contributed by atoms with Crippen LogP contribution in [-0.2, 0) is 0 Å². The molecule has 6 heterocycles. The summed E-state index contributed by atoms with van der Waals surface area (Å²) in [4.78, 5) is 21.1. The Morgan fingerprint density at radius 2 is 1.93 bits per heavy atom. The van der Waals surface area contributed by atoms with Crippen molar-refractivity contribution >= 4 is 35.1 Å². The molecule has 0 aliphatic carbocycles. The number of hydrogen-bond donors (Lipinski definition) is 4. The van der Waals surface area contributed by atoms with Gasteiger partial charge in [-0.1, -0.05) is 19.2 Å². The minimum atomic E-state index is 0.614. The maximum Gasteiger partial charge on any atom is 0.178 e. The zero-order valence-electron chi connectivity index (χ0n) is 23.1. The smallest absolute Gasteiger partial charge is 0.178 e. The predicted molar refractivity (Wildman–Crippen MR) is 165 cm³/mol. The highest BCUT2D eigenvalue weighted by Crippen LogP contribution is 2.27. The molecule has 5 aromatic rings. The second kappa shape index (κ2) is 11.7. The van der Waals surface area contributed by atoms with Gasteiger partial charge in [0.05, 0.1) is 22.8 Å². The lowest BCUT2D eigenvalue weighted by atomic mass is 9.93. The molecule has 206 valence electrons. The first-order valence-electron chi connectivity index (χ1n) is 13.8. The van der Waals surface area contributed by atoms with E-state index in [0.717, 1.165) is 69.2 Å². The molecule has 0 saturated carbocycles. The average Bonchev–Trinajstić information content (AvgIpc) is 3.60. The molecule has 0 radical (unpaired) electrons. The van der Waals surface area contributed by atoms with Gasteiger partial charge in [-0.05, 0) is 92.2 Å². The van der Waals surface area contributed by atoms with Gasteiger partial charge in [-0.2, -0.15) is 5.10 Å². The molecule has 0 spiro atoms. The molecule has 1 aliphatic rings. The fourth-order valence-electron chi connectivity index (χ4n) is 5.23. The predicted octanol–water partition coefficient (Wildman–Crippen LogP) is 4.41. The Morgan fingerprint density at radius 3 is 2.76 bits per heavy atom. The van der Waals surface area contributed by atoms with E-state index in [9.17, 15) is 0 Å². The summed E-state index contributed by atoms with van der Waals surface area (Å²) in [6.07, 6.45) is 16.4. The van der Waals surface area contributed by atoms with E-state index in [1.54, 1.807) is 18.6 Å². The average molecular weight is 544 g/mol. The Morgan fingerprint density at radius 1 is 1.10 bits per heavy atom. The zero-order valence-corrected chi connectivity index (χ0v) is 23.1. The number of anilines is 1. The van der Waals surface area contributed by atoms with Gasteiger partial charge in [0.2, 0.25) is 0 Å². The summed E-state index contributed by atoms with van der Waals surface area (Å²) in [5.41, 5.74) is 8.23. The van der Waals surface area contributed by atoms with Crippen LogP contribution < -0.4 is 21.2 Å². The minimum absolute atomic E-state index is 0.614. The van der Waals surface area contributed by atoms with Gasteiger partial charge in [-0.15, -0.1) is 0 Å². The van der Waals surface area contributed by atoms with Crippen molar-refractivity contribution in [3.8, 4) is 22.6 Å². The summed E-state index contributed by atoms with van der Waals surface area (Å²) in [6.45, 7) is 12.8. The number of nitrogens with zero attached hydrogens (tertiary/aromatic N) is 5. The van der Waals surface area contributed by atoms with Gasteiger partial charge >= 0.3 is 0 Å². The van der Waals surface area contributed by atoms with Crippen molar-refractivity contribution in [3.63, 3.8) is 0 Å². The van der Waals surface area contributed by atoms with Crippen LogP contribution in [0.15, 0.2) is 73.6 Å². The molecule has 0 aromatic carbocycles. The van der Waals surface area contributed by atoms with Crippen molar-refractivity contribution in [2.45, 2.75) is 26.2 Å². The van der Waals surface area contributed by atoms with Crippen LogP contribution in [0.3, 0.4) is 0 Å². The first kappa shape index (κ1) is 26.3. The third-order valence-electron chi connectivity index (χ3n) is 7.52.